The van der Waals surface area contributed by atoms with Gasteiger partial charge in [0, 0.05) is 18.9 Å². The first-order valence-electron chi connectivity index (χ1n) is 16.4. The fourth-order valence-electron chi connectivity index (χ4n) is 6.55. The predicted molar refractivity (Wildman–Crippen MR) is 189 cm³/mol. The lowest BCUT2D eigenvalue weighted by atomic mass is 9.86. The van der Waals surface area contributed by atoms with Gasteiger partial charge in [-0.1, -0.05) is 53.5 Å². The number of para-hydroxylation sites is 1. The van der Waals surface area contributed by atoms with E-state index in [4.69, 9.17) is 42.1 Å². The van der Waals surface area contributed by atoms with Gasteiger partial charge in [-0.25, -0.2) is 14.0 Å². The van der Waals surface area contributed by atoms with Gasteiger partial charge in [-0.05, 0) is 91.4 Å². The van der Waals surface area contributed by atoms with E-state index in [-0.39, 0.29) is 46.3 Å². The van der Waals surface area contributed by atoms with E-state index in [0.717, 1.165) is 25.9 Å². The Morgan fingerprint density at radius 1 is 0.941 bits per heavy atom. The Morgan fingerprint density at radius 3 is 2.25 bits per heavy atom. The molecule has 10 nitrogen and oxygen atoms in total. The topological polar surface area (TPSA) is 108 Å². The van der Waals surface area contributed by atoms with Gasteiger partial charge in [-0.3, -0.25) is 19.6 Å². The number of piperidine rings is 3. The van der Waals surface area contributed by atoms with Crippen LogP contribution in [-0.2, 0) is 27.2 Å². The molecule has 0 radical (unpaired) electrons. The van der Waals surface area contributed by atoms with Crippen molar-refractivity contribution in [1.29, 1.82) is 0 Å². The average Bonchev–Trinajstić information content (AvgIpc) is 3.14. The average molecular weight is 737 g/mol. The summed E-state index contributed by atoms with van der Waals surface area (Å²) in [6.07, 6.45) is 3.83. The largest absolute Gasteiger partial charge is 0.493 e. The standard InChI is InChI=1S/C38H36Cl2FN3O7/c1-48-33-12-11-26(17-34(33)49-2)27(18-28-29(39)19-42-20-30(28)40)37(46)51-36(45)25-9-7-23(8-10-25)21-44(32-6-4-3-5-31(32)41)38(47)50-35-22-43-15-13-24(35)14-16-43/h3-12,17,19-20,24,27,35H,13-16,18,21-22H2,1-2H3/t27?,35-/m0/s1. The molecular formula is C38H36Cl2FN3O7. The van der Waals surface area contributed by atoms with Gasteiger partial charge >= 0.3 is 18.0 Å². The Labute approximate surface area is 305 Å². The van der Waals surface area contributed by atoms with Gasteiger partial charge in [-0.15, -0.1) is 0 Å². The number of rotatable bonds is 11. The lowest BCUT2D eigenvalue weighted by Gasteiger charge is -2.44. The fraction of sp³-hybridized carbons (Fsp3) is 0.316. The first kappa shape index (κ1) is 36.1. The molecule has 1 unspecified atom stereocenters. The minimum Gasteiger partial charge on any atom is -0.493 e. The number of carbonyl (C=O) groups excluding carboxylic acids is 3. The van der Waals surface area contributed by atoms with Gasteiger partial charge in [0.1, 0.15) is 11.9 Å². The van der Waals surface area contributed by atoms with E-state index in [1.165, 1.54) is 55.8 Å². The molecule has 0 N–H and O–H groups in total. The van der Waals surface area contributed by atoms with E-state index >= 15 is 0 Å². The third-order valence-electron chi connectivity index (χ3n) is 9.39. The number of fused-ring (bicyclic) bond motifs is 3. The monoisotopic (exact) mass is 735 g/mol. The number of amides is 1. The first-order valence-corrected chi connectivity index (χ1v) is 17.2. The van der Waals surface area contributed by atoms with E-state index in [2.05, 4.69) is 9.88 Å². The second kappa shape index (κ2) is 16.1. The number of hydrogen-bond acceptors (Lipinski definition) is 9. The Kier molecular flexibility index (Phi) is 11.4. The number of methoxy groups -OCH3 is 2. The third kappa shape index (κ3) is 8.27. The summed E-state index contributed by atoms with van der Waals surface area (Å²) >= 11 is 12.8. The number of nitrogens with zero attached hydrogens (tertiary/aromatic N) is 3. The van der Waals surface area contributed by atoms with Gasteiger partial charge in [-0.2, -0.15) is 0 Å². The van der Waals surface area contributed by atoms with E-state index in [0.29, 0.717) is 34.7 Å². The van der Waals surface area contributed by atoms with E-state index in [1.807, 2.05) is 0 Å². The minimum atomic E-state index is -1.01. The minimum absolute atomic E-state index is 0.00232. The SMILES string of the molecule is COc1ccc(C(Cc2c(Cl)cncc2Cl)C(=O)OC(=O)c2ccc(CN(C(=O)O[C@H]3CN4CCC3CC4)c3ccccc3F)cc2)cc1OC. The van der Waals surface area contributed by atoms with Gasteiger partial charge in [0.25, 0.3) is 0 Å². The number of aromatic nitrogens is 1. The van der Waals surface area contributed by atoms with Crippen molar-refractivity contribution in [3.8, 4) is 11.5 Å². The summed E-state index contributed by atoms with van der Waals surface area (Å²) in [6, 6.07) is 17.1. The molecule has 4 aromatic rings. The zero-order valence-corrected chi connectivity index (χ0v) is 29.5. The maximum atomic E-state index is 15.0. The number of anilines is 1. The van der Waals surface area contributed by atoms with Gasteiger partial charge in [0.15, 0.2) is 11.5 Å². The lowest BCUT2D eigenvalue weighted by molar-refractivity contribution is -0.139. The summed E-state index contributed by atoms with van der Waals surface area (Å²) in [6.45, 7) is 2.61. The van der Waals surface area contributed by atoms with Crippen molar-refractivity contribution in [3.05, 3.63) is 117 Å². The quantitative estimate of drug-likeness (QED) is 0.114. The summed E-state index contributed by atoms with van der Waals surface area (Å²) in [7, 11) is 2.96. The highest BCUT2D eigenvalue weighted by Gasteiger charge is 2.38. The van der Waals surface area contributed by atoms with Crippen LogP contribution in [0.4, 0.5) is 14.9 Å². The van der Waals surface area contributed by atoms with Gasteiger partial charge < -0.3 is 18.9 Å². The molecule has 3 aromatic carbocycles. The molecule has 0 aliphatic carbocycles. The smallest absolute Gasteiger partial charge is 0.415 e. The second-order valence-electron chi connectivity index (χ2n) is 12.5. The summed E-state index contributed by atoms with van der Waals surface area (Å²) in [4.78, 5) is 48.0. The normalized spacial score (nSPS) is 18.4. The van der Waals surface area contributed by atoms with Crippen LogP contribution in [-0.4, -0.2) is 67.9 Å². The highest BCUT2D eigenvalue weighted by Crippen LogP contribution is 2.36. The maximum Gasteiger partial charge on any atom is 0.415 e. The fourth-order valence-corrected chi connectivity index (χ4v) is 7.07. The van der Waals surface area contributed by atoms with Crippen molar-refractivity contribution in [2.45, 2.75) is 37.8 Å². The molecule has 3 aliphatic rings. The van der Waals surface area contributed by atoms with Crippen molar-refractivity contribution in [2.24, 2.45) is 5.92 Å². The number of esters is 2. The van der Waals surface area contributed by atoms with Gasteiger partial charge in [0.05, 0.1) is 48.0 Å². The molecule has 2 bridgehead atoms. The molecule has 1 amide bonds. The number of hydrogen-bond donors (Lipinski definition) is 0. The number of ether oxygens (including phenoxy) is 4. The molecule has 3 aliphatic heterocycles. The Balaban J connectivity index is 1.19. The molecule has 3 saturated heterocycles. The molecule has 3 fully saturated rings. The summed E-state index contributed by atoms with van der Waals surface area (Å²) in [5.41, 5.74) is 1.69. The molecule has 0 saturated carbocycles. The highest BCUT2D eigenvalue weighted by atomic mass is 35.5. The molecule has 13 heteroatoms. The zero-order valence-electron chi connectivity index (χ0n) is 28.0. The molecular weight excluding hydrogens is 700 g/mol. The summed E-state index contributed by atoms with van der Waals surface area (Å²) in [5, 5.41) is 0.500. The Morgan fingerprint density at radius 2 is 1.63 bits per heavy atom. The van der Waals surface area contributed by atoms with Gasteiger partial charge in [0.2, 0.25) is 0 Å². The summed E-state index contributed by atoms with van der Waals surface area (Å²) in [5.74, 6) is -2.22. The molecule has 4 heterocycles. The maximum absolute atomic E-state index is 15.0. The lowest BCUT2D eigenvalue weighted by Crippen LogP contribution is -2.53. The van der Waals surface area contributed by atoms with Crippen LogP contribution >= 0.6 is 23.2 Å². The van der Waals surface area contributed by atoms with Crippen LogP contribution in [0.15, 0.2) is 79.1 Å². The van der Waals surface area contributed by atoms with Crippen molar-refractivity contribution in [2.75, 3.05) is 38.8 Å². The van der Waals surface area contributed by atoms with Crippen LogP contribution in [0.2, 0.25) is 10.0 Å². The van der Waals surface area contributed by atoms with E-state index in [1.54, 1.807) is 42.5 Å². The molecule has 7 rings (SSSR count). The van der Waals surface area contributed by atoms with Crippen LogP contribution in [0, 0.1) is 11.7 Å². The van der Waals surface area contributed by atoms with Crippen molar-refractivity contribution in [1.82, 2.24) is 9.88 Å². The highest BCUT2D eigenvalue weighted by molar-refractivity contribution is 6.35. The Hall–Kier alpha value is -4.71. The third-order valence-corrected chi connectivity index (χ3v) is 10.0. The van der Waals surface area contributed by atoms with E-state index < -0.39 is 29.8 Å². The zero-order chi connectivity index (χ0) is 36.1. The number of carbonyl (C=O) groups is 3. The van der Waals surface area contributed by atoms with E-state index in [9.17, 15) is 18.8 Å². The van der Waals surface area contributed by atoms with Crippen LogP contribution in [0.1, 0.15) is 45.8 Å². The molecule has 2 atom stereocenters. The number of benzene rings is 3. The van der Waals surface area contributed by atoms with Crippen molar-refractivity contribution in [3.63, 3.8) is 0 Å². The van der Waals surface area contributed by atoms with Crippen LogP contribution in [0.3, 0.4) is 0 Å². The van der Waals surface area contributed by atoms with Crippen molar-refractivity contribution >= 4 is 46.9 Å². The van der Waals surface area contributed by atoms with Crippen LogP contribution in [0.5, 0.6) is 11.5 Å². The van der Waals surface area contributed by atoms with Crippen molar-refractivity contribution < 1.29 is 37.7 Å². The Bertz CT molecular complexity index is 1880. The molecule has 51 heavy (non-hydrogen) atoms. The first-order chi connectivity index (χ1) is 24.6. The molecule has 0 spiro atoms. The molecule has 1 aromatic heterocycles. The second-order valence-corrected chi connectivity index (χ2v) is 13.3. The molecule has 266 valence electrons. The van der Waals surface area contributed by atoms with Crippen LogP contribution < -0.4 is 14.4 Å². The number of pyridine rings is 1. The predicted octanol–water partition coefficient (Wildman–Crippen LogP) is 7.49. The number of halogens is 3. The summed E-state index contributed by atoms with van der Waals surface area (Å²) < 4.78 is 37.1. The van der Waals surface area contributed by atoms with Crippen LogP contribution in [0.25, 0.3) is 0 Å².